The Bertz CT molecular complexity index is 720. The summed E-state index contributed by atoms with van der Waals surface area (Å²) in [5, 5.41) is 9.34. The van der Waals surface area contributed by atoms with Gasteiger partial charge in [-0.15, -0.1) is 0 Å². The fourth-order valence-corrected chi connectivity index (χ4v) is 2.01. The number of hydrazone groups is 1. The highest BCUT2D eigenvalue weighted by Gasteiger charge is 2.05. The van der Waals surface area contributed by atoms with Crippen LogP contribution >= 0.6 is 11.6 Å². The number of carbonyl (C=O) groups excluding carboxylic acids is 2. The lowest BCUT2D eigenvalue weighted by molar-refractivity contribution is -0.120. The van der Waals surface area contributed by atoms with Crippen LogP contribution in [0.4, 0.5) is 10.5 Å². The predicted octanol–water partition coefficient (Wildman–Crippen LogP) is 2.81. The molecule has 3 amide bonds. The number of hydrogen-bond acceptors (Lipinski definition) is 3. The molecule has 0 aliphatic rings. The van der Waals surface area contributed by atoms with E-state index in [9.17, 15) is 9.59 Å². The number of benzene rings is 2. The zero-order valence-electron chi connectivity index (χ0n) is 12.8. The molecule has 124 valence electrons. The van der Waals surface area contributed by atoms with Crippen LogP contribution in [0.1, 0.15) is 5.56 Å². The standard InChI is InChI=1S/C17H17ClN4O2/c18-14-7-4-8-15(11-14)21-17(24)19-12-16(23)22-20-10-9-13-5-2-1-3-6-13/h1-8,10-11H,9,12H2,(H,22,23)(H2,19,21,24). The average Bonchev–Trinajstić information content (AvgIpc) is 2.58. The van der Waals surface area contributed by atoms with E-state index in [2.05, 4.69) is 21.2 Å². The van der Waals surface area contributed by atoms with Crippen molar-refractivity contribution < 1.29 is 9.59 Å². The van der Waals surface area contributed by atoms with E-state index in [4.69, 9.17) is 11.6 Å². The fraction of sp³-hybridized carbons (Fsp3) is 0.118. The summed E-state index contributed by atoms with van der Waals surface area (Å²) in [7, 11) is 0. The van der Waals surface area contributed by atoms with Gasteiger partial charge in [0, 0.05) is 23.3 Å². The van der Waals surface area contributed by atoms with E-state index in [0.717, 1.165) is 5.56 Å². The Balaban J connectivity index is 1.66. The molecule has 0 aliphatic heterocycles. The highest BCUT2D eigenvalue weighted by molar-refractivity contribution is 6.30. The molecule has 0 spiro atoms. The van der Waals surface area contributed by atoms with Gasteiger partial charge in [0.05, 0.1) is 0 Å². The van der Waals surface area contributed by atoms with Crippen molar-refractivity contribution in [1.29, 1.82) is 0 Å². The van der Waals surface area contributed by atoms with Gasteiger partial charge in [0.1, 0.15) is 6.54 Å². The van der Waals surface area contributed by atoms with Crippen molar-refractivity contribution in [1.82, 2.24) is 10.7 Å². The molecule has 2 aromatic carbocycles. The summed E-state index contributed by atoms with van der Waals surface area (Å²) in [6.45, 7) is -0.185. The van der Waals surface area contributed by atoms with Crippen LogP contribution in [0.15, 0.2) is 59.7 Å². The predicted molar refractivity (Wildman–Crippen MR) is 95.3 cm³/mol. The largest absolute Gasteiger partial charge is 0.329 e. The second-order valence-corrected chi connectivity index (χ2v) is 5.29. The number of nitrogens with one attached hydrogen (secondary N) is 3. The summed E-state index contributed by atoms with van der Waals surface area (Å²) in [5.41, 5.74) is 3.98. The van der Waals surface area contributed by atoms with Crippen molar-refractivity contribution >= 4 is 35.4 Å². The van der Waals surface area contributed by atoms with E-state index in [1.165, 1.54) is 0 Å². The van der Waals surface area contributed by atoms with Crippen molar-refractivity contribution in [3.05, 3.63) is 65.2 Å². The average molecular weight is 345 g/mol. The quantitative estimate of drug-likeness (QED) is 0.556. The molecule has 2 aromatic rings. The van der Waals surface area contributed by atoms with Crippen molar-refractivity contribution in [2.24, 2.45) is 5.10 Å². The van der Waals surface area contributed by atoms with Gasteiger partial charge in [-0.2, -0.15) is 5.10 Å². The molecule has 0 atom stereocenters. The summed E-state index contributed by atoms with van der Waals surface area (Å²) in [6, 6.07) is 16.0. The van der Waals surface area contributed by atoms with Crippen molar-refractivity contribution in [3.8, 4) is 0 Å². The number of anilines is 1. The zero-order chi connectivity index (χ0) is 17.2. The van der Waals surface area contributed by atoms with E-state index in [1.54, 1.807) is 30.5 Å². The van der Waals surface area contributed by atoms with Crippen LogP contribution in [0.2, 0.25) is 5.02 Å². The van der Waals surface area contributed by atoms with Gasteiger partial charge in [-0.1, -0.05) is 48.0 Å². The third kappa shape index (κ3) is 6.50. The Kier molecular flexibility index (Phi) is 6.79. The summed E-state index contributed by atoms with van der Waals surface area (Å²) in [6.07, 6.45) is 2.21. The van der Waals surface area contributed by atoms with Gasteiger partial charge in [0.25, 0.3) is 5.91 Å². The monoisotopic (exact) mass is 344 g/mol. The lowest BCUT2D eigenvalue weighted by atomic mass is 10.2. The third-order valence-electron chi connectivity index (χ3n) is 2.94. The minimum atomic E-state index is -0.499. The van der Waals surface area contributed by atoms with Crippen LogP contribution in [0, 0.1) is 0 Å². The van der Waals surface area contributed by atoms with Gasteiger partial charge >= 0.3 is 6.03 Å². The van der Waals surface area contributed by atoms with Crippen LogP contribution in [-0.4, -0.2) is 24.7 Å². The van der Waals surface area contributed by atoms with Gasteiger partial charge in [-0.05, 0) is 23.8 Å². The minimum absolute atomic E-state index is 0.185. The van der Waals surface area contributed by atoms with Crippen LogP contribution in [0.5, 0.6) is 0 Å². The number of rotatable bonds is 6. The van der Waals surface area contributed by atoms with Gasteiger partial charge in [-0.3, -0.25) is 4.79 Å². The summed E-state index contributed by atoms with van der Waals surface area (Å²) < 4.78 is 0. The van der Waals surface area contributed by atoms with Crippen molar-refractivity contribution in [2.75, 3.05) is 11.9 Å². The first kappa shape index (κ1) is 17.5. The Morgan fingerprint density at radius 1 is 1.08 bits per heavy atom. The zero-order valence-corrected chi connectivity index (χ0v) is 13.6. The second-order valence-electron chi connectivity index (χ2n) is 4.85. The molecule has 3 N–H and O–H groups in total. The summed E-state index contributed by atoms with van der Waals surface area (Å²) >= 11 is 5.82. The molecular formula is C17H17ClN4O2. The van der Waals surface area contributed by atoms with Crippen molar-refractivity contribution in [2.45, 2.75) is 6.42 Å². The molecule has 7 heteroatoms. The molecule has 0 radical (unpaired) electrons. The van der Waals surface area contributed by atoms with E-state index in [1.807, 2.05) is 30.3 Å². The molecule has 0 saturated heterocycles. The normalized spacial score (nSPS) is 10.4. The molecule has 2 rings (SSSR count). The van der Waals surface area contributed by atoms with Gasteiger partial charge < -0.3 is 10.6 Å². The molecule has 0 fully saturated rings. The van der Waals surface area contributed by atoms with Gasteiger partial charge in [-0.25, -0.2) is 10.2 Å². The van der Waals surface area contributed by atoms with Crippen LogP contribution in [0.3, 0.4) is 0 Å². The lowest BCUT2D eigenvalue weighted by Gasteiger charge is -2.07. The maximum absolute atomic E-state index is 11.7. The summed E-state index contributed by atoms with van der Waals surface area (Å²) in [4.78, 5) is 23.2. The number of halogens is 1. The molecule has 0 aliphatic carbocycles. The van der Waals surface area contributed by atoms with Crippen LogP contribution in [-0.2, 0) is 11.2 Å². The first-order valence-electron chi connectivity index (χ1n) is 7.28. The number of carbonyl (C=O) groups is 2. The molecule has 6 nitrogen and oxygen atoms in total. The Morgan fingerprint density at radius 3 is 2.62 bits per heavy atom. The SMILES string of the molecule is O=C(CNC(=O)Nc1cccc(Cl)c1)NN=CCc1ccccc1. The van der Waals surface area contributed by atoms with E-state index in [-0.39, 0.29) is 6.54 Å². The Hall–Kier alpha value is -2.86. The van der Waals surface area contributed by atoms with Crippen molar-refractivity contribution in [3.63, 3.8) is 0 Å². The number of nitrogens with zero attached hydrogens (tertiary/aromatic N) is 1. The Labute approximate surface area is 144 Å². The first-order chi connectivity index (χ1) is 11.6. The number of urea groups is 1. The number of amides is 3. The highest BCUT2D eigenvalue weighted by Crippen LogP contribution is 2.14. The molecule has 24 heavy (non-hydrogen) atoms. The molecule has 0 saturated carbocycles. The first-order valence-corrected chi connectivity index (χ1v) is 7.66. The van der Waals surface area contributed by atoms with Gasteiger partial charge in [0.2, 0.25) is 0 Å². The fourth-order valence-electron chi connectivity index (χ4n) is 1.82. The number of hydrogen-bond donors (Lipinski definition) is 3. The maximum atomic E-state index is 11.7. The Morgan fingerprint density at radius 2 is 1.88 bits per heavy atom. The molecule has 0 aromatic heterocycles. The van der Waals surface area contributed by atoms with Gasteiger partial charge in [0.15, 0.2) is 0 Å². The summed E-state index contributed by atoms with van der Waals surface area (Å²) in [5.74, 6) is -0.416. The minimum Gasteiger partial charge on any atom is -0.329 e. The van der Waals surface area contributed by atoms with Crippen LogP contribution < -0.4 is 16.1 Å². The second kappa shape index (κ2) is 9.32. The molecule has 0 heterocycles. The van der Waals surface area contributed by atoms with E-state index >= 15 is 0 Å². The highest BCUT2D eigenvalue weighted by atomic mass is 35.5. The van der Waals surface area contributed by atoms with E-state index < -0.39 is 11.9 Å². The van der Waals surface area contributed by atoms with Crippen LogP contribution in [0.25, 0.3) is 0 Å². The third-order valence-corrected chi connectivity index (χ3v) is 3.18. The maximum Gasteiger partial charge on any atom is 0.319 e. The molecule has 0 unspecified atom stereocenters. The smallest absolute Gasteiger partial charge is 0.319 e. The molecular weight excluding hydrogens is 328 g/mol. The lowest BCUT2D eigenvalue weighted by Crippen LogP contribution is -2.37. The topological polar surface area (TPSA) is 82.6 Å². The molecule has 0 bridgehead atoms. The van der Waals surface area contributed by atoms with E-state index in [0.29, 0.717) is 17.1 Å².